The highest BCUT2D eigenvalue weighted by atomic mass is 19.1. The van der Waals surface area contributed by atoms with E-state index in [1.165, 1.54) is 18.2 Å². The molecule has 2 rings (SSSR count). The third-order valence-corrected chi connectivity index (χ3v) is 2.18. The van der Waals surface area contributed by atoms with Crippen LogP contribution < -0.4 is 0 Å². The van der Waals surface area contributed by atoms with Crippen molar-refractivity contribution in [1.29, 1.82) is 0 Å². The predicted octanol–water partition coefficient (Wildman–Crippen LogP) is 2.30. The molecule has 1 atom stereocenters. The topological polar surface area (TPSA) is 12.5 Å². The van der Waals surface area contributed by atoms with Crippen molar-refractivity contribution in [3.63, 3.8) is 0 Å². The van der Waals surface area contributed by atoms with Gasteiger partial charge in [-0.1, -0.05) is 6.07 Å². The van der Waals surface area contributed by atoms with Crippen molar-refractivity contribution in [2.24, 2.45) is 0 Å². The molecule has 1 aromatic carbocycles. The fraction of sp³-hybridized carbons (Fsp3) is 0.400. The largest absolute Gasteiger partial charge is 0.373 e. The van der Waals surface area contributed by atoms with Crippen LogP contribution in [0.3, 0.4) is 0 Å². The summed E-state index contributed by atoms with van der Waals surface area (Å²) >= 11 is 0. The summed E-state index contributed by atoms with van der Waals surface area (Å²) in [5, 5.41) is 0. The highest BCUT2D eigenvalue weighted by Crippen LogP contribution is 2.20. The lowest BCUT2D eigenvalue weighted by Gasteiger charge is -2.02. The van der Waals surface area contributed by atoms with E-state index in [1.54, 1.807) is 0 Å². The minimum atomic E-state index is -0.458. The van der Waals surface area contributed by atoms with Crippen molar-refractivity contribution in [2.45, 2.75) is 18.9 Å². The van der Waals surface area contributed by atoms with Crippen molar-refractivity contribution >= 4 is 0 Å². The SMILES string of the molecule is Fc1cccc(F)c1CCC1CO1. The number of hydrogen-bond acceptors (Lipinski definition) is 1. The van der Waals surface area contributed by atoms with Gasteiger partial charge in [-0.2, -0.15) is 0 Å². The van der Waals surface area contributed by atoms with Gasteiger partial charge in [0.15, 0.2) is 0 Å². The van der Waals surface area contributed by atoms with Crippen LogP contribution >= 0.6 is 0 Å². The number of rotatable bonds is 3. The van der Waals surface area contributed by atoms with Gasteiger partial charge in [0.1, 0.15) is 11.6 Å². The van der Waals surface area contributed by atoms with E-state index in [0.29, 0.717) is 12.8 Å². The molecule has 0 bridgehead atoms. The number of epoxide rings is 1. The molecule has 1 nitrogen and oxygen atoms in total. The summed E-state index contributed by atoms with van der Waals surface area (Å²) < 4.78 is 31.0. The van der Waals surface area contributed by atoms with E-state index >= 15 is 0 Å². The number of benzene rings is 1. The predicted molar refractivity (Wildman–Crippen MR) is 44.4 cm³/mol. The van der Waals surface area contributed by atoms with Crippen LogP contribution in [0.5, 0.6) is 0 Å². The van der Waals surface area contributed by atoms with Crippen LogP contribution in [0.15, 0.2) is 18.2 Å². The molecule has 0 N–H and O–H groups in total. The average molecular weight is 184 g/mol. The first kappa shape index (κ1) is 8.63. The molecule has 0 aliphatic carbocycles. The summed E-state index contributed by atoms with van der Waals surface area (Å²) in [5.74, 6) is -0.915. The van der Waals surface area contributed by atoms with Crippen LogP contribution in [0.1, 0.15) is 12.0 Å². The van der Waals surface area contributed by atoms with Crippen molar-refractivity contribution in [3.8, 4) is 0 Å². The molecule has 1 unspecified atom stereocenters. The lowest BCUT2D eigenvalue weighted by atomic mass is 10.1. The fourth-order valence-corrected chi connectivity index (χ4v) is 1.31. The molecule has 3 heteroatoms. The fourth-order valence-electron chi connectivity index (χ4n) is 1.31. The molecule has 0 aromatic heterocycles. The molecule has 1 saturated heterocycles. The Morgan fingerprint density at radius 3 is 2.46 bits per heavy atom. The van der Waals surface area contributed by atoms with Gasteiger partial charge < -0.3 is 4.74 Å². The lowest BCUT2D eigenvalue weighted by molar-refractivity contribution is 0.394. The summed E-state index contributed by atoms with van der Waals surface area (Å²) in [5.41, 5.74) is 0.179. The summed E-state index contributed by atoms with van der Waals surface area (Å²) in [6.45, 7) is 0.732. The summed E-state index contributed by atoms with van der Waals surface area (Å²) in [6.07, 6.45) is 1.35. The van der Waals surface area contributed by atoms with Gasteiger partial charge >= 0.3 is 0 Å². The molecule has 1 aromatic rings. The second-order valence-corrected chi connectivity index (χ2v) is 3.19. The normalized spacial score (nSPS) is 20.3. The maximum Gasteiger partial charge on any atom is 0.129 e. The van der Waals surface area contributed by atoms with Crippen LogP contribution in [-0.2, 0) is 11.2 Å². The van der Waals surface area contributed by atoms with Crippen LogP contribution in [0.4, 0.5) is 8.78 Å². The Kier molecular flexibility index (Phi) is 2.27. The molecular weight excluding hydrogens is 174 g/mol. The minimum Gasteiger partial charge on any atom is -0.373 e. The zero-order chi connectivity index (χ0) is 9.26. The van der Waals surface area contributed by atoms with Gasteiger partial charge in [0, 0.05) is 5.56 Å². The Bertz CT molecular complexity index is 288. The Morgan fingerprint density at radius 1 is 1.31 bits per heavy atom. The van der Waals surface area contributed by atoms with E-state index in [2.05, 4.69) is 0 Å². The second-order valence-electron chi connectivity index (χ2n) is 3.19. The molecule has 1 aliphatic rings. The summed E-state index contributed by atoms with van der Waals surface area (Å²) in [6, 6.07) is 3.94. The standard InChI is InChI=1S/C10H10F2O/c11-9-2-1-3-10(12)8(9)5-4-7-6-13-7/h1-3,7H,4-6H2. The Hall–Kier alpha value is -0.960. The molecule has 0 amide bonds. The van der Waals surface area contributed by atoms with Gasteiger partial charge in [-0.3, -0.25) is 0 Å². The molecule has 0 saturated carbocycles. The molecule has 1 fully saturated rings. The molecule has 13 heavy (non-hydrogen) atoms. The third-order valence-electron chi connectivity index (χ3n) is 2.18. The Morgan fingerprint density at radius 2 is 1.92 bits per heavy atom. The highest BCUT2D eigenvalue weighted by Gasteiger charge is 2.22. The summed E-state index contributed by atoms with van der Waals surface area (Å²) in [4.78, 5) is 0. The Balaban J connectivity index is 2.07. The number of halogens is 2. The van der Waals surface area contributed by atoms with Gasteiger partial charge in [-0.25, -0.2) is 8.78 Å². The van der Waals surface area contributed by atoms with Crippen LogP contribution in [0, 0.1) is 11.6 Å². The molecule has 1 aliphatic heterocycles. The van der Waals surface area contributed by atoms with Gasteiger partial charge in [-0.15, -0.1) is 0 Å². The maximum atomic E-state index is 13.0. The molecule has 0 radical (unpaired) electrons. The summed E-state index contributed by atoms with van der Waals surface area (Å²) in [7, 11) is 0. The van der Waals surface area contributed by atoms with Crippen molar-refractivity contribution in [1.82, 2.24) is 0 Å². The number of hydrogen-bond donors (Lipinski definition) is 0. The van der Waals surface area contributed by atoms with E-state index in [9.17, 15) is 8.78 Å². The lowest BCUT2D eigenvalue weighted by Crippen LogP contribution is -1.98. The van der Waals surface area contributed by atoms with Crippen LogP contribution in [0.25, 0.3) is 0 Å². The van der Waals surface area contributed by atoms with E-state index in [4.69, 9.17) is 4.74 Å². The highest BCUT2D eigenvalue weighted by molar-refractivity contribution is 5.19. The molecule has 0 spiro atoms. The van der Waals surface area contributed by atoms with E-state index < -0.39 is 11.6 Å². The monoisotopic (exact) mass is 184 g/mol. The first-order valence-electron chi connectivity index (χ1n) is 4.32. The minimum absolute atomic E-state index is 0.179. The second kappa shape index (κ2) is 3.42. The van der Waals surface area contributed by atoms with E-state index in [-0.39, 0.29) is 11.7 Å². The average Bonchev–Trinajstić information content (AvgIpc) is 2.87. The first-order chi connectivity index (χ1) is 6.27. The zero-order valence-corrected chi connectivity index (χ0v) is 7.09. The van der Waals surface area contributed by atoms with Crippen molar-refractivity contribution in [2.75, 3.05) is 6.61 Å². The van der Waals surface area contributed by atoms with Gasteiger partial charge in [0.05, 0.1) is 12.7 Å². The first-order valence-corrected chi connectivity index (χ1v) is 4.32. The quantitative estimate of drug-likeness (QED) is 0.656. The van der Waals surface area contributed by atoms with Crippen LogP contribution in [-0.4, -0.2) is 12.7 Å². The third kappa shape index (κ3) is 2.04. The van der Waals surface area contributed by atoms with Gasteiger partial charge in [0.25, 0.3) is 0 Å². The van der Waals surface area contributed by atoms with E-state index in [0.717, 1.165) is 6.61 Å². The zero-order valence-electron chi connectivity index (χ0n) is 7.09. The number of ether oxygens (including phenoxy) is 1. The van der Waals surface area contributed by atoms with Crippen LogP contribution in [0.2, 0.25) is 0 Å². The van der Waals surface area contributed by atoms with Gasteiger partial charge in [-0.05, 0) is 25.0 Å². The molecule has 1 heterocycles. The smallest absolute Gasteiger partial charge is 0.129 e. The van der Waals surface area contributed by atoms with Crippen molar-refractivity contribution in [3.05, 3.63) is 35.4 Å². The molecule has 70 valence electrons. The molecular formula is C10H10F2O. The Labute approximate surface area is 75.3 Å². The van der Waals surface area contributed by atoms with Crippen molar-refractivity contribution < 1.29 is 13.5 Å². The van der Waals surface area contributed by atoms with Gasteiger partial charge in [0.2, 0.25) is 0 Å². The van der Waals surface area contributed by atoms with E-state index in [1.807, 2.05) is 0 Å². The maximum absolute atomic E-state index is 13.0.